The summed E-state index contributed by atoms with van der Waals surface area (Å²) in [6.07, 6.45) is 3.43. The Kier molecular flexibility index (Phi) is 5.55. The molecular formula is C20H26O7. The molecule has 0 radical (unpaired) electrons. The molecule has 2 heterocycles. The molecule has 0 spiro atoms. The minimum Gasteiger partial charge on any atom is -0.458 e. The molecule has 0 saturated carbocycles. The van der Waals surface area contributed by atoms with E-state index in [9.17, 15) is 14.7 Å². The number of aliphatic hydroxyl groups is 2. The Hall–Kier alpha value is -1.96. The lowest BCUT2D eigenvalue weighted by molar-refractivity contribution is -0.148. The van der Waals surface area contributed by atoms with Crippen LogP contribution >= 0.6 is 0 Å². The van der Waals surface area contributed by atoms with E-state index in [4.69, 9.17) is 19.3 Å². The highest BCUT2D eigenvalue weighted by Gasteiger charge is 2.65. The van der Waals surface area contributed by atoms with E-state index in [1.54, 1.807) is 6.92 Å². The first kappa shape index (κ1) is 19.8. The summed E-state index contributed by atoms with van der Waals surface area (Å²) in [4.78, 5) is 24.6. The van der Waals surface area contributed by atoms with Crippen molar-refractivity contribution < 1.29 is 34.0 Å². The molecule has 27 heavy (non-hydrogen) atoms. The first-order chi connectivity index (χ1) is 12.8. The Morgan fingerprint density at radius 3 is 2.89 bits per heavy atom. The lowest BCUT2D eigenvalue weighted by Crippen LogP contribution is -2.39. The van der Waals surface area contributed by atoms with Gasteiger partial charge in [-0.15, -0.1) is 0 Å². The van der Waals surface area contributed by atoms with Gasteiger partial charge in [-0.05, 0) is 32.8 Å². The molecule has 0 bridgehead atoms. The van der Waals surface area contributed by atoms with Crippen LogP contribution in [0.15, 0.2) is 35.5 Å². The van der Waals surface area contributed by atoms with Crippen molar-refractivity contribution in [3.05, 3.63) is 35.5 Å². The second kappa shape index (κ2) is 7.58. The van der Waals surface area contributed by atoms with Crippen molar-refractivity contribution >= 4 is 11.9 Å². The number of aliphatic hydroxyl groups excluding tert-OH is 2. The molecule has 2 saturated heterocycles. The zero-order valence-electron chi connectivity index (χ0n) is 15.6. The second-order valence-electron chi connectivity index (χ2n) is 7.49. The van der Waals surface area contributed by atoms with E-state index >= 15 is 0 Å². The van der Waals surface area contributed by atoms with Gasteiger partial charge in [0.05, 0.1) is 19.1 Å². The molecule has 5 unspecified atom stereocenters. The van der Waals surface area contributed by atoms with Crippen LogP contribution in [-0.2, 0) is 23.8 Å². The van der Waals surface area contributed by atoms with E-state index in [-0.39, 0.29) is 24.4 Å². The Morgan fingerprint density at radius 1 is 1.48 bits per heavy atom. The van der Waals surface area contributed by atoms with E-state index in [2.05, 4.69) is 6.58 Å². The summed E-state index contributed by atoms with van der Waals surface area (Å²) in [5.74, 6) is -1.64. The van der Waals surface area contributed by atoms with E-state index in [0.717, 1.165) is 5.57 Å². The number of hydrogen-bond acceptors (Lipinski definition) is 7. The first-order valence-electron chi connectivity index (χ1n) is 9.15. The van der Waals surface area contributed by atoms with E-state index < -0.39 is 41.8 Å². The third-order valence-corrected chi connectivity index (χ3v) is 5.61. The quantitative estimate of drug-likeness (QED) is 0.328. The zero-order chi connectivity index (χ0) is 19.8. The molecule has 148 valence electrons. The van der Waals surface area contributed by atoms with Gasteiger partial charge in [-0.25, -0.2) is 9.59 Å². The summed E-state index contributed by atoms with van der Waals surface area (Å²) in [6.45, 7) is 6.92. The summed E-state index contributed by atoms with van der Waals surface area (Å²) in [6, 6.07) is 0. The van der Waals surface area contributed by atoms with E-state index in [1.165, 1.54) is 6.08 Å². The van der Waals surface area contributed by atoms with Gasteiger partial charge >= 0.3 is 11.9 Å². The van der Waals surface area contributed by atoms with Crippen LogP contribution in [0.2, 0.25) is 0 Å². The fraction of sp³-hybridized carbons (Fsp3) is 0.600. The van der Waals surface area contributed by atoms with Crippen LogP contribution in [0.3, 0.4) is 0 Å². The number of carbonyl (C=O) groups is 2. The fourth-order valence-electron chi connectivity index (χ4n) is 3.94. The Morgan fingerprint density at radius 2 is 2.22 bits per heavy atom. The molecule has 3 aliphatic rings. The maximum Gasteiger partial charge on any atom is 0.334 e. The summed E-state index contributed by atoms with van der Waals surface area (Å²) < 4.78 is 17.0. The van der Waals surface area contributed by atoms with Crippen molar-refractivity contribution in [1.82, 2.24) is 0 Å². The van der Waals surface area contributed by atoms with Crippen LogP contribution in [0.25, 0.3) is 0 Å². The third kappa shape index (κ3) is 3.72. The standard InChI is InChI=1S/C20H26O7/c1-11-5-4-7-20(10-22)17(27-20)16-15(13(3)19(24)26-16)14(9-11)25-18(23)12(2)6-8-21/h5-6,14-17,21-22H,3-4,7-10H2,1-2H3/b11-5-,12-6+. The molecule has 2 N–H and O–H groups in total. The van der Waals surface area contributed by atoms with Gasteiger partial charge in [-0.1, -0.05) is 18.2 Å². The van der Waals surface area contributed by atoms with Crippen molar-refractivity contribution in [2.24, 2.45) is 5.92 Å². The summed E-state index contributed by atoms with van der Waals surface area (Å²) in [5, 5.41) is 18.8. The second-order valence-corrected chi connectivity index (χ2v) is 7.49. The van der Waals surface area contributed by atoms with Gasteiger partial charge in [0.15, 0.2) is 0 Å². The maximum absolute atomic E-state index is 12.4. The normalized spacial score (nSPS) is 38.2. The smallest absolute Gasteiger partial charge is 0.334 e. The average molecular weight is 378 g/mol. The zero-order valence-corrected chi connectivity index (χ0v) is 15.6. The van der Waals surface area contributed by atoms with Gasteiger partial charge in [0.2, 0.25) is 0 Å². The molecule has 1 aliphatic carbocycles. The lowest BCUT2D eigenvalue weighted by atomic mass is 9.81. The number of fused-ring (bicyclic) bond motifs is 3. The van der Waals surface area contributed by atoms with Crippen LogP contribution < -0.4 is 0 Å². The average Bonchev–Trinajstić information content (AvgIpc) is 3.27. The molecule has 3 rings (SSSR count). The van der Waals surface area contributed by atoms with Gasteiger partial charge in [-0.2, -0.15) is 0 Å². The summed E-state index contributed by atoms with van der Waals surface area (Å²) in [5.41, 5.74) is 0.812. The minimum absolute atomic E-state index is 0.166. The SMILES string of the molecule is C=C1C(=O)OC2C1C(OC(=O)/C(C)=C/CO)C/C(C)=C\CCC1(CO)OC21. The van der Waals surface area contributed by atoms with Crippen molar-refractivity contribution in [1.29, 1.82) is 0 Å². The van der Waals surface area contributed by atoms with Gasteiger partial charge in [0.25, 0.3) is 0 Å². The van der Waals surface area contributed by atoms with Gasteiger partial charge in [0.1, 0.15) is 23.9 Å². The van der Waals surface area contributed by atoms with Gasteiger partial charge in [-0.3, -0.25) is 0 Å². The molecule has 5 atom stereocenters. The van der Waals surface area contributed by atoms with Gasteiger partial charge in [0, 0.05) is 17.6 Å². The van der Waals surface area contributed by atoms with Crippen LogP contribution in [-0.4, -0.2) is 59.3 Å². The highest BCUT2D eigenvalue weighted by atomic mass is 16.7. The van der Waals surface area contributed by atoms with Crippen molar-refractivity contribution in [3.63, 3.8) is 0 Å². The van der Waals surface area contributed by atoms with E-state index in [0.29, 0.717) is 19.3 Å². The molecule has 2 aliphatic heterocycles. The molecule has 7 heteroatoms. The number of rotatable bonds is 4. The molecule has 0 amide bonds. The predicted molar refractivity (Wildman–Crippen MR) is 95.5 cm³/mol. The Balaban J connectivity index is 1.93. The van der Waals surface area contributed by atoms with Gasteiger partial charge < -0.3 is 24.4 Å². The van der Waals surface area contributed by atoms with Crippen molar-refractivity contribution in [2.75, 3.05) is 13.2 Å². The van der Waals surface area contributed by atoms with Crippen molar-refractivity contribution in [3.8, 4) is 0 Å². The largest absolute Gasteiger partial charge is 0.458 e. The Labute approximate surface area is 158 Å². The first-order valence-corrected chi connectivity index (χ1v) is 9.15. The number of carbonyl (C=O) groups excluding carboxylic acids is 2. The minimum atomic E-state index is -0.733. The van der Waals surface area contributed by atoms with Crippen molar-refractivity contribution in [2.45, 2.75) is 57.0 Å². The van der Waals surface area contributed by atoms with Crippen LogP contribution in [0.4, 0.5) is 0 Å². The maximum atomic E-state index is 12.4. The topological polar surface area (TPSA) is 106 Å². The number of ether oxygens (including phenoxy) is 3. The Bertz CT molecular complexity index is 707. The molecular weight excluding hydrogens is 352 g/mol. The highest BCUT2D eigenvalue weighted by Crippen LogP contribution is 2.50. The van der Waals surface area contributed by atoms with E-state index in [1.807, 2.05) is 13.0 Å². The molecule has 7 nitrogen and oxygen atoms in total. The predicted octanol–water partition coefficient (Wildman–Crippen LogP) is 1.19. The lowest BCUT2D eigenvalue weighted by Gasteiger charge is -2.28. The highest BCUT2D eigenvalue weighted by molar-refractivity contribution is 5.91. The monoisotopic (exact) mass is 378 g/mol. The molecule has 0 aromatic rings. The van der Waals surface area contributed by atoms with Crippen LogP contribution in [0, 0.1) is 5.92 Å². The number of esters is 2. The fourth-order valence-corrected chi connectivity index (χ4v) is 3.94. The number of epoxide rings is 1. The van der Waals surface area contributed by atoms with Crippen LogP contribution in [0.5, 0.6) is 0 Å². The summed E-state index contributed by atoms with van der Waals surface area (Å²) in [7, 11) is 0. The summed E-state index contributed by atoms with van der Waals surface area (Å²) >= 11 is 0. The molecule has 0 aromatic heterocycles. The van der Waals surface area contributed by atoms with Crippen LogP contribution in [0.1, 0.15) is 33.1 Å². The molecule has 2 fully saturated rings. The number of allylic oxidation sites excluding steroid dienone is 1. The number of hydrogen-bond donors (Lipinski definition) is 2. The third-order valence-electron chi connectivity index (χ3n) is 5.61. The molecule has 0 aromatic carbocycles.